The summed E-state index contributed by atoms with van der Waals surface area (Å²) in [4.78, 5) is 32.7. The highest BCUT2D eigenvalue weighted by Gasteiger charge is 2.30. The fraction of sp³-hybridized carbons (Fsp3) is 0.296. The van der Waals surface area contributed by atoms with Crippen molar-refractivity contribution in [2.45, 2.75) is 38.5 Å². The number of piperidine rings is 1. The molecule has 174 valence electrons. The lowest BCUT2D eigenvalue weighted by Gasteiger charge is -2.31. The SMILES string of the molecule is CC(C)c1ccc(C(=O)Nc2sccc2C(=O)N2CCCC(c3nc4ccccc4o3)C2)cc1. The van der Waals surface area contributed by atoms with Crippen molar-refractivity contribution in [1.82, 2.24) is 9.88 Å². The Kier molecular flexibility index (Phi) is 6.20. The second kappa shape index (κ2) is 9.43. The van der Waals surface area contributed by atoms with Crippen LogP contribution in [0.1, 0.15) is 70.7 Å². The van der Waals surface area contributed by atoms with Crippen molar-refractivity contribution in [2.24, 2.45) is 0 Å². The molecule has 34 heavy (non-hydrogen) atoms. The number of fused-ring (bicyclic) bond motifs is 1. The molecular formula is C27H27N3O3S. The zero-order chi connectivity index (χ0) is 23.7. The molecule has 1 unspecified atom stereocenters. The van der Waals surface area contributed by atoms with Gasteiger partial charge in [-0.15, -0.1) is 11.3 Å². The van der Waals surface area contributed by atoms with Gasteiger partial charge in [-0.3, -0.25) is 9.59 Å². The highest BCUT2D eigenvalue weighted by molar-refractivity contribution is 7.14. The van der Waals surface area contributed by atoms with Gasteiger partial charge in [-0.25, -0.2) is 4.98 Å². The number of nitrogens with zero attached hydrogens (tertiary/aromatic N) is 2. The molecule has 7 heteroatoms. The summed E-state index contributed by atoms with van der Waals surface area (Å²) in [6.45, 7) is 5.46. The molecule has 5 rings (SSSR count). The maximum atomic E-state index is 13.4. The molecular weight excluding hydrogens is 446 g/mol. The van der Waals surface area contributed by atoms with Gasteiger partial charge in [0, 0.05) is 18.7 Å². The summed E-state index contributed by atoms with van der Waals surface area (Å²) in [5.41, 5.74) is 3.89. The molecule has 1 atom stereocenters. The van der Waals surface area contributed by atoms with Crippen LogP contribution in [0.2, 0.25) is 0 Å². The van der Waals surface area contributed by atoms with E-state index in [1.807, 2.05) is 58.8 Å². The lowest BCUT2D eigenvalue weighted by atomic mass is 9.97. The van der Waals surface area contributed by atoms with Crippen LogP contribution in [0.5, 0.6) is 0 Å². The summed E-state index contributed by atoms with van der Waals surface area (Å²) in [6, 6.07) is 17.1. The fourth-order valence-electron chi connectivity index (χ4n) is 4.37. The van der Waals surface area contributed by atoms with Crippen molar-refractivity contribution in [2.75, 3.05) is 18.4 Å². The summed E-state index contributed by atoms with van der Waals surface area (Å²) in [5.74, 6) is 0.854. The minimum Gasteiger partial charge on any atom is -0.440 e. The van der Waals surface area contributed by atoms with Gasteiger partial charge in [0.15, 0.2) is 11.5 Å². The maximum absolute atomic E-state index is 13.4. The van der Waals surface area contributed by atoms with Gasteiger partial charge in [-0.1, -0.05) is 38.1 Å². The molecule has 0 saturated carbocycles. The molecule has 1 N–H and O–H groups in total. The van der Waals surface area contributed by atoms with Crippen LogP contribution in [0.25, 0.3) is 11.1 Å². The average Bonchev–Trinajstić information content (AvgIpc) is 3.50. The fourth-order valence-corrected chi connectivity index (χ4v) is 5.14. The molecule has 1 aliphatic rings. The van der Waals surface area contributed by atoms with Gasteiger partial charge in [-0.2, -0.15) is 0 Å². The second-order valence-corrected chi connectivity index (χ2v) is 9.92. The van der Waals surface area contributed by atoms with Gasteiger partial charge in [0.05, 0.1) is 11.5 Å². The molecule has 1 fully saturated rings. The lowest BCUT2D eigenvalue weighted by molar-refractivity contribution is 0.0700. The Hall–Kier alpha value is -3.45. The maximum Gasteiger partial charge on any atom is 0.256 e. The number of para-hydroxylation sites is 2. The molecule has 3 heterocycles. The van der Waals surface area contributed by atoms with E-state index in [4.69, 9.17) is 4.42 Å². The van der Waals surface area contributed by atoms with Gasteiger partial charge in [0.2, 0.25) is 0 Å². The number of anilines is 1. The molecule has 4 aromatic rings. The van der Waals surface area contributed by atoms with Crippen LogP contribution < -0.4 is 5.32 Å². The summed E-state index contributed by atoms with van der Waals surface area (Å²) < 4.78 is 5.97. The van der Waals surface area contributed by atoms with Gasteiger partial charge >= 0.3 is 0 Å². The predicted molar refractivity (Wildman–Crippen MR) is 135 cm³/mol. The quantitative estimate of drug-likeness (QED) is 0.370. The van der Waals surface area contributed by atoms with Crippen LogP contribution >= 0.6 is 11.3 Å². The third kappa shape index (κ3) is 4.48. The number of hydrogen-bond donors (Lipinski definition) is 1. The first-order valence-corrected chi connectivity index (χ1v) is 12.5. The first kappa shape index (κ1) is 22.3. The molecule has 0 spiro atoms. The molecule has 0 bridgehead atoms. The highest BCUT2D eigenvalue weighted by atomic mass is 32.1. The lowest BCUT2D eigenvalue weighted by Crippen LogP contribution is -2.39. The van der Waals surface area contributed by atoms with E-state index >= 15 is 0 Å². The van der Waals surface area contributed by atoms with E-state index < -0.39 is 0 Å². The van der Waals surface area contributed by atoms with Crippen LogP contribution in [0.15, 0.2) is 64.4 Å². The third-order valence-corrected chi connectivity index (χ3v) is 7.16. The summed E-state index contributed by atoms with van der Waals surface area (Å²) in [6.07, 6.45) is 1.80. The van der Waals surface area contributed by atoms with Crippen molar-refractivity contribution in [1.29, 1.82) is 0 Å². The van der Waals surface area contributed by atoms with Crippen LogP contribution in [0.4, 0.5) is 5.00 Å². The first-order valence-electron chi connectivity index (χ1n) is 11.6. The molecule has 0 aliphatic carbocycles. The van der Waals surface area contributed by atoms with Gasteiger partial charge in [-0.05, 0) is 60.0 Å². The number of aromatic nitrogens is 1. The molecule has 2 aromatic heterocycles. The summed E-state index contributed by atoms with van der Waals surface area (Å²) in [7, 11) is 0. The number of benzene rings is 2. The summed E-state index contributed by atoms with van der Waals surface area (Å²) in [5, 5.41) is 5.35. The molecule has 1 saturated heterocycles. The Morgan fingerprint density at radius 2 is 1.91 bits per heavy atom. The van der Waals surface area contributed by atoms with E-state index in [0.717, 1.165) is 23.9 Å². The number of thiophene rings is 1. The number of likely N-dealkylation sites (tertiary alicyclic amines) is 1. The largest absolute Gasteiger partial charge is 0.440 e. The van der Waals surface area contributed by atoms with Gasteiger partial charge in [0.1, 0.15) is 10.5 Å². The van der Waals surface area contributed by atoms with Crippen LogP contribution in [0.3, 0.4) is 0 Å². The van der Waals surface area contributed by atoms with Crippen molar-refractivity contribution in [3.05, 3.63) is 82.6 Å². The topological polar surface area (TPSA) is 75.4 Å². The Bertz CT molecular complexity index is 1290. The minimum absolute atomic E-state index is 0.0567. The number of amides is 2. The van der Waals surface area contributed by atoms with Crippen molar-refractivity contribution in [3.8, 4) is 0 Å². The van der Waals surface area contributed by atoms with Gasteiger partial charge in [0.25, 0.3) is 11.8 Å². The second-order valence-electron chi connectivity index (χ2n) is 9.00. The Labute approximate surface area is 202 Å². The van der Waals surface area contributed by atoms with Crippen molar-refractivity contribution < 1.29 is 14.0 Å². The molecule has 1 aliphatic heterocycles. The van der Waals surface area contributed by atoms with Gasteiger partial charge < -0.3 is 14.6 Å². The minimum atomic E-state index is -0.213. The van der Waals surface area contributed by atoms with E-state index in [0.29, 0.717) is 41.0 Å². The number of rotatable bonds is 5. The Balaban J connectivity index is 1.29. The summed E-state index contributed by atoms with van der Waals surface area (Å²) >= 11 is 1.36. The van der Waals surface area contributed by atoms with Crippen LogP contribution in [0, 0.1) is 0 Å². The number of carbonyl (C=O) groups excluding carboxylic acids is 2. The highest BCUT2D eigenvalue weighted by Crippen LogP contribution is 2.32. The number of hydrogen-bond acceptors (Lipinski definition) is 5. The normalized spacial score (nSPS) is 16.2. The molecule has 2 amide bonds. The van der Waals surface area contributed by atoms with Crippen molar-refractivity contribution in [3.63, 3.8) is 0 Å². The van der Waals surface area contributed by atoms with E-state index in [9.17, 15) is 9.59 Å². The predicted octanol–water partition coefficient (Wildman–Crippen LogP) is 6.28. The van der Waals surface area contributed by atoms with E-state index in [2.05, 4.69) is 24.1 Å². The monoisotopic (exact) mass is 473 g/mol. The van der Waals surface area contributed by atoms with E-state index in [1.54, 1.807) is 6.07 Å². The van der Waals surface area contributed by atoms with Crippen LogP contribution in [-0.4, -0.2) is 34.8 Å². The van der Waals surface area contributed by atoms with Crippen LogP contribution in [-0.2, 0) is 0 Å². The number of carbonyl (C=O) groups is 2. The Morgan fingerprint density at radius 3 is 2.68 bits per heavy atom. The Morgan fingerprint density at radius 1 is 1.12 bits per heavy atom. The number of nitrogens with one attached hydrogen (secondary N) is 1. The molecule has 2 aromatic carbocycles. The smallest absolute Gasteiger partial charge is 0.256 e. The first-order chi connectivity index (χ1) is 16.5. The van der Waals surface area contributed by atoms with Crippen molar-refractivity contribution >= 4 is 39.3 Å². The zero-order valence-electron chi connectivity index (χ0n) is 19.3. The van der Waals surface area contributed by atoms with E-state index in [-0.39, 0.29) is 17.7 Å². The molecule has 6 nitrogen and oxygen atoms in total. The standard InChI is InChI=1S/C27H27N3O3S/c1-17(2)18-9-11-19(12-10-18)24(31)29-26-21(13-15-34-26)27(32)30-14-5-6-20(16-30)25-28-22-7-3-4-8-23(22)33-25/h3-4,7-13,15,17,20H,5-6,14,16H2,1-2H3,(H,29,31). The number of oxazole rings is 1. The average molecular weight is 474 g/mol. The third-order valence-electron chi connectivity index (χ3n) is 6.33. The molecule has 0 radical (unpaired) electrons. The van der Waals surface area contributed by atoms with E-state index in [1.165, 1.54) is 16.9 Å². The zero-order valence-corrected chi connectivity index (χ0v) is 20.1.